The van der Waals surface area contributed by atoms with Crippen LogP contribution in [-0.4, -0.2) is 44.9 Å². The first-order valence-electron chi connectivity index (χ1n) is 7.77. The van der Waals surface area contributed by atoms with Crippen molar-refractivity contribution in [2.75, 3.05) is 18.4 Å². The lowest BCUT2D eigenvalue weighted by Crippen LogP contribution is -2.37. The Morgan fingerprint density at radius 2 is 2.12 bits per heavy atom. The van der Waals surface area contributed by atoms with Crippen LogP contribution in [0.2, 0.25) is 0 Å². The van der Waals surface area contributed by atoms with Crippen LogP contribution in [0.25, 0.3) is 0 Å². The highest BCUT2D eigenvalue weighted by atomic mass is 19.3. The number of halogens is 2. The van der Waals surface area contributed by atoms with Crippen molar-refractivity contribution in [2.45, 2.75) is 40.2 Å². The molecule has 134 valence electrons. The minimum Gasteiger partial charge on any atom is -0.481 e. The van der Waals surface area contributed by atoms with Crippen molar-refractivity contribution in [1.29, 1.82) is 0 Å². The Morgan fingerprint density at radius 1 is 1.46 bits per heavy atom. The van der Waals surface area contributed by atoms with E-state index in [2.05, 4.69) is 10.4 Å². The van der Waals surface area contributed by atoms with E-state index in [0.29, 0.717) is 13.0 Å². The number of carboxylic acid groups (broad SMARTS) is 1. The number of carboxylic acids is 1. The van der Waals surface area contributed by atoms with Crippen molar-refractivity contribution in [1.82, 2.24) is 14.7 Å². The third kappa shape index (κ3) is 3.82. The molecular weight excluding hydrogens is 322 g/mol. The van der Waals surface area contributed by atoms with E-state index < -0.39 is 29.5 Å². The van der Waals surface area contributed by atoms with Gasteiger partial charge in [-0.3, -0.25) is 9.48 Å². The zero-order valence-electron chi connectivity index (χ0n) is 13.9. The Hall–Kier alpha value is -2.19. The van der Waals surface area contributed by atoms with Gasteiger partial charge in [0.1, 0.15) is 0 Å². The molecule has 2 amide bonds. The molecule has 0 radical (unpaired) electrons. The number of rotatable bonds is 5. The predicted octanol–water partition coefficient (Wildman–Crippen LogP) is 2.81. The standard InChI is InChI=1S/C15H22F2N4O3/c1-9(2)6-21-7-10(11(19-21)12(16)17)18-14(24)20-5-4-15(3,8-20)13(22)23/h7,9,12H,4-6,8H2,1-3H3,(H,18,24)(H,22,23). The molecule has 1 aromatic heterocycles. The van der Waals surface area contributed by atoms with Gasteiger partial charge in [-0.25, -0.2) is 13.6 Å². The molecule has 1 aliphatic heterocycles. The van der Waals surface area contributed by atoms with Crippen molar-refractivity contribution in [3.63, 3.8) is 0 Å². The summed E-state index contributed by atoms with van der Waals surface area (Å²) in [7, 11) is 0. The van der Waals surface area contributed by atoms with Crippen molar-refractivity contribution in [2.24, 2.45) is 11.3 Å². The van der Waals surface area contributed by atoms with Gasteiger partial charge in [0.2, 0.25) is 0 Å². The molecule has 0 bridgehead atoms. The molecule has 0 saturated carbocycles. The lowest BCUT2D eigenvalue weighted by atomic mass is 9.90. The zero-order valence-corrected chi connectivity index (χ0v) is 13.9. The maximum atomic E-state index is 13.1. The van der Waals surface area contributed by atoms with Gasteiger partial charge < -0.3 is 15.3 Å². The molecule has 0 spiro atoms. The number of anilines is 1. The highest BCUT2D eigenvalue weighted by Gasteiger charge is 2.42. The molecule has 1 atom stereocenters. The topological polar surface area (TPSA) is 87.5 Å². The highest BCUT2D eigenvalue weighted by Crippen LogP contribution is 2.31. The molecule has 1 fully saturated rings. The van der Waals surface area contributed by atoms with Gasteiger partial charge in [-0.2, -0.15) is 5.10 Å². The number of urea groups is 1. The van der Waals surface area contributed by atoms with Crippen LogP contribution in [0.5, 0.6) is 0 Å². The van der Waals surface area contributed by atoms with Crippen molar-refractivity contribution in [3.05, 3.63) is 11.9 Å². The fourth-order valence-electron chi connectivity index (χ4n) is 2.66. The first-order chi connectivity index (χ1) is 11.1. The van der Waals surface area contributed by atoms with Crippen LogP contribution < -0.4 is 5.32 Å². The second-order valence-corrected chi connectivity index (χ2v) is 6.81. The number of aliphatic carboxylic acids is 1. The van der Waals surface area contributed by atoms with E-state index >= 15 is 0 Å². The number of nitrogens with one attached hydrogen (secondary N) is 1. The average molecular weight is 344 g/mol. The molecule has 2 heterocycles. The number of carbonyl (C=O) groups is 2. The molecule has 2 rings (SSSR count). The summed E-state index contributed by atoms with van der Waals surface area (Å²) in [5.74, 6) is -0.760. The van der Waals surface area contributed by atoms with Gasteiger partial charge in [-0.05, 0) is 19.3 Å². The maximum absolute atomic E-state index is 13.1. The summed E-state index contributed by atoms with van der Waals surface area (Å²) < 4.78 is 27.6. The number of alkyl halides is 2. The molecule has 24 heavy (non-hydrogen) atoms. The Morgan fingerprint density at radius 3 is 2.62 bits per heavy atom. The smallest absolute Gasteiger partial charge is 0.321 e. The number of nitrogens with zero attached hydrogens (tertiary/aromatic N) is 3. The molecule has 1 aliphatic rings. The SMILES string of the molecule is CC(C)Cn1cc(NC(=O)N2CCC(C)(C(=O)O)C2)c(C(F)F)n1. The third-order valence-electron chi connectivity index (χ3n) is 4.07. The first kappa shape index (κ1) is 18.2. The Balaban J connectivity index is 2.11. The Labute approximate surface area is 138 Å². The van der Waals surface area contributed by atoms with Gasteiger partial charge in [0.25, 0.3) is 6.43 Å². The van der Waals surface area contributed by atoms with Gasteiger partial charge in [-0.15, -0.1) is 0 Å². The average Bonchev–Trinajstić information content (AvgIpc) is 3.03. The van der Waals surface area contributed by atoms with E-state index in [1.807, 2.05) is 13.8 Å². The van der Waals surface area contributed by atoms with Crippen LogP contribution in [0, 0.1) is 11.3 Å². The van der Waals surface area contributed by atoms with Crippen molar-refractivity contribution in [3.8, 4) is 0 Å². The lowest BCUT2D eigenvalue weighted by Gasteiger charge is -2.20. The van der Waals surface area contributed by atoms with E-state index in [0.717, 1.165) is 0 Å². The number of amides is 2. The Kier molecular flexibility index (Phi) is 5.10. The number of hydrogen-bond donors (Lipinski definition) is 2. The number of carbonyl (C=O) groups excluding carboxylic acids is 1. The Bertz CT molecular complexity index is 632. The van der Waals surface area contributed by atoms with E-state index in [-0.39, 0.29) is 24.7 Å². The second kappa shape index (κ2) is 6.74. The van der Waals surface area contributed by atoms with Gasteiger partial charge in [-0.1, -0.05) is 13.8 Å². The molecule has 7 nitrogen and oxygen atoms in total. The summed E-state index contributed by atoms with van der Waals surface area (Å²) in [6.07, 6.45) is -1.10. The van der Waals surface area contributed by atoms with Crippen LogP contribution in [0.15, 0.2) is 6.20 Å². The first-order valence-corrected chi connectivity index (χ1v) is 7.77. The highest BCUT2D eigenvalue weighted by molar-refractivity contribution is 5.90. The van der Waals surface area contributed by atoms with Gasteiger partial charge >= 0.3 is 12.0 Å². The van der Waals surface area contributed by atoms with Gasteiger partial charge in [0.15, 0.2) is 5.69 Å². The van der Waals surface area contributed by atoms with Crippen molar-refractivity contribution < 1.29 is 23.5 Å². The summed E-state index contributed by atoms with van der Waals surface area (Å²) in [5.41, 5.74) is -1.53. The lowest BCUT2D eigenvalue weighted by molar-refractivity contribution is -0.146. The summed E-state index contributed by atoms with van der Waals surface area (Å²) in [4.78, 5) is 24.8. The fourth-order valence-corrected chi connectivity index (χ4v) is 2.66. The third-order valence-corrected chi connectivity index (χ3v) is 4.07. The summed E-state index contributed by atoms with van der Waals surface area (Å²) in [6, 6.07) is -0.592. The fraction of sp³-hybridized carbons (Fsp3) is 0.667. The van der Waals surface area contributed by atoms with E-state index in [1.54, 1.807) is 6.92 Å². The normalized spacial score (nSPS) is 20.9. The number of hydrogen-bond acceptors (Lipinski definition) is 3. The molecule has 0 aliphatic carbocycles. The largest absolute Gasteiger partial charge is 0.481 e. The predicted molar refractivity (Wildman–Crippen MR) is 83.0 cm³/mol. The summed E-state index contributed by atoms with van der Waals surface area (Å²) in [5, 5.41) is 15.5. The monoisotopic (exact) mass is 344 g/mol. The van der Waals surface area contributed by atoms with Crippen LogP contribution in [0.3, 0.4) is 0 Å². The van der Waals surface area contributed by atoms with Crippen LogP contribution in [-0.2, 0) is 11.3 Å². The van der Waals surface area contributed by atoms with Gasteiger partial charge in [0, 0.05) is 25.8 Å². The van der Waals surface area contributed by atoms with Crippen LogP contribution in [0.1, 0.15) is 39.3 Å². The summed E-state index contributed by atoms with van der Waals surface area (Å²) >= 11 is 0. The second-order valence-electron chi connectivity index (χ2n) is 6.81. The number of aromatic nitrogens is 2. The maximum Gasteiger partial charge on any atom is 0.321 e. The van der Waals surface area contributed by atoms with Crippen LogP contribution in [0.4, 0.5) is 19.3 Å². The number of likely N-dealkylation sites (tertiary alicyclic amines) is 1. The summed E-state index contributed by atoms with van der Waals surface area (Å²) in [6.45, 7) is 6.18. The molecule has 1 aromatic rings. The minimum absolute atomic E-state index is 0.0400. The van der Waals surface area contributed by atoms with E-state index in [4.69, 9.17) is 0 Å². The van der Waals surface area contributed by atoms with E-state index in [9.17, 15) is 23.5 Å². The van der Waals surface area contributed by atoms with Gasteiger partial charge in [0.05, 0.1) is 11.1 Å². The van der Waals surface area contributed by atoms with E-state index in [1.165, 1.54) is 15.8 Å². The molecule has 9 heteroatoms. The molecular formula is C15H22F2N4O3. The zero-order chi connectivity index (χ0) is 18.1. The molecule has 2 N–H and O–H groups in total. The molecule has 0 aromatic carbocycles. The van der Waals surface area contributed by atoms with Crippen molar-refractivity contribution >= 4 is 17.7 Å². The minimum atomic E-state index is -2.81. The molecule has 1 unspecified atom stereocenters. The quantitative estimate of drug-likeness (QED) is 0.860. The van der Waals surface area contributed by atoms with Crippen LogP contribution >= 0.6 is 0 Å². The molecule has 1 saturated heterocycles.